The Labute approximate surface area is 124 Å². The van der Waals surface area contributed by atoms with Crippen molar-refractivity contribution in [1.82, 2.24) is 9.97 Å². The van der Waals surface area contributed by atoms with Crippen molar-refractivity contribution in [3.63, 3.8) is 0 Å². The van der Waals surface area contributed by atoms with Crippen molar-refractivity contribution in [1.29, 1.82) is 0 Å². The molecule has 0 fully saturated rings. The zero-order chi connectivity index (χ0) is 13.7. The fourth-order valence-corrected chi connectivity index (χ4v) is 2.07. The molecule has 6 heteroatoms. The normalized spacial score (nSPS) is 10.5. The summed E-state index contributed by atoms with van der Waals surface area (Å²) < 4.78 is 11.6. The summed E-state index contributed by atoms with van der Waals surface area (Å²) in [5.74, 6) is 0.930. The fourth-order valence-electron chi connectivity index (χ4n) is 1.48. The molecular formula is C13H12BrClN2O2. The fraction of sp³-hybridized carbons (Fsp3) is 0.231. The molecule has 0 saturated heterocycles. The van der Waals surface area contributed by atoms with Gasteiger partial charge in [0.15, 0.2) is 5.82 Å². The van der Waals surface area contributed by atoms with Crippen LogP contribution in [0.15, 0.2) is 34.8 Å². The quantitative estimate of drug-likeness (QED) is 0.778. The molecule has 0 aliphatic carbocycles. The molecule has 1 aromatic carbocycles. The second-order valence-electron chi connectivity index (χ2n) is 3.76. The van der Waals surface area contributed by atoms with Gasteiger partial charge >= 0.3 is 0 Å². The largest absolute Gasteiger partial charge is 0.473 e. The number of methoxy groups -OCH3 is 1. The Morgan fingerprint density at radius 3 is 2.74 bits per heavy atom. The van der Waals surface area contributed by atoms with Gasteiger partial charge in [-0.05, 0) is 6.07 Å². The van der Waals surface area contributed by atoms with Crippen LogP contribution in [0.5, 0.6) is 5.88 Å². The third kappa shape index (κ3) is 4.16. The molecule has 0 atom stereocenters. The van der Waals surface area contributed by atoms with Gasteiger partial charge in [-0.3, -0.25) is 0 Å². The molecule has 2 aromatic rings. The Hall–Kier alpha value is -1.17. The number of halogens is 2. The first-order valence-corrected chi connectivity index (χ1v) is 6.74. The van der Waals surface area contributed by atoms with Gasteiger partial charge < -0.3 is 9.47 Å². The lowest BCUT2D eigenvalue weighted by Gasteiger charge is -2.08. The van der Waals surface area contributed by atoms with Crippen LogP contribution in [0.25, 0.3) is 0 Å². The maximum Gasteiger partial charge on any atom is 0.218 e. The van der Waals surface area contributed by atoms with Gasteiger partial charge in [-0.2, -0.15) is 4.98 Å². The van der Waals surface area contributed by atoms with Crippen molar-refractivity contribution in [2.24, 2.45) is 0 Å². The molecule has 0 aliphatic rings. The Balaban J connectivity index is 2.09. The van der Waals surface area contributed by atoms with Gasteiger partial charge in [0, 0.05) is 23.2 Å². The summed E-state index contributed by atoms with van der Waals surface area (Å²) in [5, 5.41) is 0.337. The van der Waals surface area contributed by atoms with E-state index in [-0.39, 0.29) is 0 Å². The molecule has 0 unspecified atom stereocenters. The predicted molar refractivity (Wildman–Crippen MR) is 76.2 cm³/mol. The van der Waals surface area contributed by atoms with E-state index >= 15 is 0 Å². The lowest BCUT2D eigenvalue weighted by molar-refractivity contribution is 0.176. The van der Waals surface area contributed by atoms with Crippen molar-refractivity contribution in [3.8, 4) is 5.88 Å². The van der Waals surface area contributed by atoms with Crippen molar-refractivity contribution in [3.05, 3.63) is 51.3 Å². The second kappa shape index (κ2) is 6.84. The zero-order valence-corrected chi connectivity index (χ0v) is 12.6. The molecule has 0 radical (unpaired) electrons. The molecule has 4 nitrogen and oxygen atoms in total. The smallest absolute Gasteiger partial charge is 0.218 e. The highest BCUT2D eigenvalue weighted by atomic mass is 79.9. The molecule has 0 aliphatic heterocycles. The van der Waals surface area contributed by atoms with Gasteiger partial charge in [-0.25, -0.2) is 4.98 Å². The number of ether oxygens (including phenoxy) is 2. The van der Waals surface area contributed by atoms with Gasteiger partial charge in [0.2, 0.25) is 5.88 Å². The predicted octanol–water partition coefficient (Wildman–Crippen LogP) is 3.62. The Bertz CT molecular complexity index is 566. The van der Waals surface area contributed by atoms with Crippen LogP contribution >= 0.6 is 27.5 Å². The van der Waals surface area contributed by atoms with Crippen LogP contribution in [0, 0.1) is 0 Å². The molecule has 0 saturated carbocycles. The van der Waals surface area contributed by atoms with Gasteiger partial charge in [0.1, 0.15) is 18.4 Å². The summed E-state index contributed by atoms with van der Waals surface area (Å²) in [4.78, 5) is 8.25. The lowest BCUT2D eigenvalue weighted by Crippen LogP contribution is -2.02. The summed E-state index contributed by atoms with van der Waals surface area (Å²) in [7, 11) is 1.58. The van der Waals surface area contributed by atoms with Crippen LogP contribution in [-0.4, -0.2) is 17.1 Å². The minimum atomic E-state index is 0.298. The van der Waals surface area contributed by atoms with Gasteiger partial charge in [0.05, 0.1) is 0 Å². The Morgan fingerprint density at radius 2 is 2.00 bits per heavy atom. The number of hydrogen-bond acceptors (Lipinski definition) is 4. The number of nitrogens with zero attached hydrogens (tertiary/aromatic N) is 2. The molecule has 19 heavy (non-hydrogen) atoms. The summed E-state index contributed by atoms with van der Waals surface area (Å²) in [6.07, 6.45) is 0. The third-order valence-electron chi connectivity index (χ3n) is 2.32. The van der Waals surface area contributed by atoms with E-state index in [2.05, 4.69) is 25.9 Å². The molecule has 1 aromatic heterocycles. The summed E-state index contributed by atoms with van der Waals surface area (Å²) >= 11 is 9.37. The van der Waals surface area contributed by atoms with E-state index in [0.29, 0.717) is 30.1 Å². The SMILES string of the molecule is COCc1nc(Cl)cc(OCc2ccccc2Br)n1. The van der Waals surface area contributed by atoms with E-state index in [9.17, 15) is 0 Å². The minimum Gasteiger partial charge on any atom is -0.473 e. The number of aromatic nitrogens is 2. The minimum absolute atomic E-state index is 0.298. The summed E-state index contributed by atoms with van der Waals surface area (Å²) in [5.41, 5.74) is 1.03. The van der Waals surface area contributed by atoms with Gasteiger partial charge in [-0.1, -0.05) is 45.7 Å². The zero-order valence-electron chi connectivity index (χ0n) is 10.3. The number of benzene rings is 1. The third-order valence-corrected chi connectivity index (χ3v) is 3.29. The van der Waals surface area contributed by atoms with E-state index < -0.39 is 0 Å². The highest BCUT2D eigenvalue weighted by Gasteiger charge is 2.05. The van der Waals surface area contributed by atoms with Gasteiger partial charge in [0.25, 0.3) is 0 Å². The molecule has 0 bridgehead atoms. The monoisotopic (exact) mass is 342 g/mol. The second-order valence-corrected chi connectivity index (χ2v) is 5.00. The molecule has 2 rings (SSSR count). The molecule has 0 amide bonds. The maximum absolute atomic E-state index is 5.90. The van der Waals surface area contributed by atoms with Gasteiger partial charge in [-0.15, -0.1) is 0 Å². The van der Waals surface area contributed by atoms with Crippen LogP contribution in [0.1, 0.15) is 11.4 Å². The average Bonchev–Trinajstić information content (AvgIpc) is 2.37. The van der Waals surface area contributed by atoms with Crippen molar-refractivity contribution in [2.45, 2.75) is 13.2 Å². The lowest BCUT2D eigenvalue weighted by atomic mass is 10.2. The molecular weight excluding hydrogens is 332 g/mol. The first kappa shape index (κ1) is 14.2. The van der Waals surface area contributed by atoms with Crippen LogP contribution in [-0.2, 0) is 18.0 Å². The first-order chi connectivity index (χ1) is 9.19. The number of rotatable bonds is 5. The molecule has 100 valence electrons. The topological polar surface area (TPSA) is 44.2 Å². The average molecular weight is 344 g/mol. The highest BCUT2D eigenvalue weighted by Crippen LogP contribution is 2.19. The van der Waals surface area contributed by atoms with E-state index in [0.717, 1.165) is 10.0 Å². The van der Waals surface area contributed by atoms with Crippen molar-refractivity contribution >= 4 is 27.5 Å². The van der Waals surface area contributed by atoms with Crippen LogP contribution in [0.3, 0.4) is 0 Å². The molecule has 0 spiro atoms. The highest BCUT2D eigenvalue weighted by molar-refractivity contribution is 9.10. The van der Waals surface area contributed by atoms with E-state index in [1.807, 2.05) is 24.3 Å². The first-order valence-electron chi connectivity index (χ1n) is 5.57. The summed E-state index contributed by atoms with van der Waals surface area (Å²) in [6.45, 7) is 0.702. The maximum atomic E-state index is 5.90. The van der Waals surface area contributed by atoms with E-state index in [1.54, 1.807) is 13.2 Å². The van der Waals surface area contributed by atoms with Crippen LogP contribution in [0.4, 0.5) is 0 Å². The van der Waals surface area contributed by atoms with Crippen molar-refractivity contribution in [2.75, 3.05) is 7.11 Å². The standard InChI is InChI=1S/C13H12BrClN2O2/c1-18-8-12-16-11(15)6-13(17-12)19-7-9-4-2-3-5-10(9)14/h2-6H,7-8H2,1H3. The van der Waals surface area contributed by atoms with Crippen LogP contribution in [0.2, 0.25) is 5.15 Å². The van der Waals surface area contributed by atoms with E-state index in [1.165, 1.54) is 0 Å². The number of hydrogen-bond donors (Lipinski definition) is 0. The molecule has 1 heterocycles. The Kier molecular flexibility index (Phi) is 5.13. The van der Waals surface area contributed by atoms with Crippen molar-refractivity contribution < 1.29 is 9.47 Å². The Morgan fingerprint density at radius 1 is 1.21 bits per heavy atom. The van der Waals surface area contributed by atoms with E-state index in [4.69, 9.17) is 21.1 Å². The summed E-state index contributed by atoms with van der Waals surface area (Å²) in [6, 6.07) is 9.42. The molecule has 0 N–H and O–H groups in total. The van der Waals surface area contributed by atoms with Crippen LogP contribution < -0.4 is 4.74 Å².